The minimum absolute atomic E-state index is 0.151. The highest BCUT2D eigenvalue weighted by molar-refractivity contribution is 5.91. The highest BCUT2D eigenvalue weighted by Crippen LogP contribution is 2.46. The van der Waals surface area contributed by atoms with Crippen molar-refractivity contribution in [2.75, 3.05) is 25.7 Å². The lowest BCUT2D eigenvalue weighted by molar-refractivity contribution is 0.0807. The number of fused-ring (bicyclic) bond motifs is 1. The van der Waals surface area contributed by atoms with Gasteiger partial charge < -0.3 is 18.9 Å². The molecule has 2 atom stereocenters. The Morgan fingerprint density at radius 2 is 1.50 bits per heavy atom. The molecule has 0 bridgehead atoms. The van der Waals surface area contributed by atoms with Crippen LogP contribution >= 0.6 is 0 Å². The summed E-state index contributed by atoms with van der Waals surface area (Å²) in [6, 6.07) is 22.2. The van der Waals surface area contributed by atoms with Crippen LogP contribution in [0.4, 0.5) is 15.3 Å². The molecular formula is C30H34N2O6. The Kier molecular flexibility index (Phi) is 8.73. The molecule has 1 heterocycles. The number of ether oxygens (including phenoxy) is 4. The van der Waals surface area contributed by atoms with E-state index in [9.17, 15) is 9.59 Å². The van der Waals surface area contributed by atoms with Crippen LogP contribution in [-0.4, -0.2) is 44.0 Å². The Morgan fingerprint density at radius 3 is 2.11 bits per heavy atom. The molecular weight excluding hydrogens is 484 g/mol. The molecule has 3 aromatic carbocycles. The number of nitrogens with zero attached hydrogens (tertiary/aromatic N) is 2. The summed E-state index contributed by atoms with van der Waals surface area (Å²) in [6.07, 6.45) is -0.414. The Morgan fingerprint density at radius 1 is 0.895 bits per heavy atom. The van der Waals surface area contributed by atoms with Crippen molar-refractivity contribution >= 4 is 17.9 Å². The largest absolute Gasteiger partial charge is 0.493 e. The van der Waals surface area contributed by atoms with Crippen molar-refractivity contribution in [3.8, 4) is 11.5 Å². The van der Waals surface area contributed by atoms with Crippen LogP contribution in [0.3, 0.4) is 0 Å². The summed E-state index contributed by atoms with van der Waals surface area (Å²) in [5, 5.41) is 0. The molecule has 0 spiro atoms. The summed E-state index contributed by atoms with van der Waals surface area (Å²) in [5.41, 5.74) is 3.22. The maximum atomic E-state index is 13.4. The topological polar surface area (TPSA) is 77.5 Å². The number of anilines is 1. The number of rotatable bonds is 8. The molecule has 0 unspecified atom stereocenters. The molecule has 0 N–H and O–H groups in total. The van der Waals surface area contributed by atoms with Gasteiger partial charge in [0.15, 0.2) is 11.5 Å². The van der Waals surface area contributed by atoms with E-state index in [-0.39, 0.29) is 25.3 Å². The summed E-state index contributed by atoms with van der Waals surface area (Å²) >= 11 is 0. The van der Waals surface area contributed by atoms with Crippen LogP contribution in [0.2, 0.25) is 0 Å². The second-order valence-corrected chi connectivity index (χ2v) is 9.09. The molecule has 0 radical (unpaired) electrons. The van der Waals surface area contributed by atoms with Crippen LogP contribution in [0.15, 0.2) is 72.8 Å². The fraction of sp³-hybridized carbons (Fsp3) is 0.333. The van der Waals surface area contributed by atoms with E-state index in [1.807, 2.05) is 73.7 Å². The Balaban J connectivity index is 1.74. The fourth-order valence-corrected chi connectivity index (χ4v) is 4.80. The molecule has 0 fully saturated rings. The van der Waals surface area contributed by atoms with Crippen LogP contribution in [0.1, 0.15) is 43.0 Å². The number of benzene rings is 3. The lowest BCUT2D eigenvalue weighted by Crippen LogP contribution is -2.47. The van der Waals surface area contributed by atoms with Gasteiger partial charge in [0.05, 0.1) is 32.6 Å². The van der Waals surface area contributed by atoms with Crippen molar-refractivity contribution in [2.24, 2.45) is 0 Å². The van der Waals surface area contributed by atoms with Crippen LogP contribution in [0, 0.1) is 0 Å². The molecule has 3 aromatic rings. The Hall–Kier alpha value is -4.20. The zero-order valence-corrected chi connectivity index (χ0v) is 22.3. The minimum atomic E-state index is -0.473. The summed E-state index contributed by atoms with van der Waals surface area (Å²) < 4.78 is 22.3. The van der Waals surface area contributed by atoms with E-state index in [0.29, 0.717) is 30.2 Å². The van der Waals surface area contributed by atoms with Crippen molar-refractivity contribution in [3.05, 3.63) is 89.5 Å². The molecule has 1 aliphatic rings. The lowest BCUT2D eigenvalue weighted by Gasteiger charge is -2.42. The standard InChI is InChI=1S/C30H34N2O6/c1-5-37-29(33)31(19-22-12-8-6-9-13-22)25-16-21(2)32(30(34)38-20-23-14-10-7-11-15-23)26-18-28(36-4)27(35-3)17-24(25)26/h6-15,17-18,21,25H,5,16,19-20H2,1-4H3/t21-,25+/m0/s1. The van der Waals surface area contributed by atoms with Crippen LogP contribution < -0.4 is 14.4 Å². The van der Waals surface area contributed by atoms with E-state index >= 15 is 0 Å². The molecule has 8 nitrogen and oxygen atoms in total. The summed E-state index contributed by atoms with van der Waals surface area (Å²) in [4.78, 5) is 30.0. The van der Waals surface area contributed by atoms with Gasteiger partial charge in [-0.05, 0) is 37.5 Å². The number of amides is 2. The first kappa shape index (κ1) is 26.9. The van der Waals surface area contributed by atoms with E-state index in [1.54, 1.807) is 37.0 Å². The normalized spacial score (nSPS) is 16.3. The van der Waals surface area contributed by atoms with Crippen molar-refractivity contribution in [3.63, 3.8) is 0 Å². The van der Waals surface area contributed by atoms with Gasteiger partial charge in [-0.25, -0.2) is 9.59 Å². The number of carbonyl (C=O) groups excluding carboxylic acids is 2. The second-order valence-electron chi connectivity index (χ2n) is 9.09. The lowest BCUT2D eigenvalue weighted by atomic mass is 9.90. The predicted molar refractivity (Wildman–Crippen MR) is 144 cm³/mol. The number of hydrogen-bond donors (Lipinski definition) is 0. The first-order chi connectivity index (χ1) is 18.5. The third-order valence-electron chi connectivity index (χ3n) is 6.63. The number of methoxy groups -OCH3 is 2. The molecule has 0 saturated heterocycles. The van der Waals surface area contributed by atoms with E-state index in [1.165, 1.54) is 0 Å². The van der Waals surface area contributed by atoms with Crippen molar-refractivity contribution in [1.29, 1.82) is 0 Å². The smallest absolute Gasteiger partial charge is 0.414 e. The number of carbonyl (C=O) groups is 2. The summed E-state index contributed by atoms with van der Waals surface area (Å²) in [6.45, 7) is 4.49. The third kappa shape index (κ3) is 5.85. The molecule has 8 heteroatoms. The zero-order chi connectivity index (χ0) is 27.1. The van der Waals surface area contributed by atoms with Crippen LogP contribution in [0.25, 0.3) is 0 Å². The van der Waals surface area contributed by atoms with Gasteiger partial charge in [0.2, 0.25) is 0 Å². The highest BCUT2D eigenvalue weighted by atomic mass is 16.6. The molecule has 200 valence electrons. The first-order valence-corrected chi connectivity index (χ1v) is 12.7. The maximum absolute atomic E-state index is 13.4. The van der Waals surface area contributed by atoms with Crippen molar-refractivity contribution < 1.29 is 28.5 Å². The van der Waals surface area contributed by atoms with Gasteiger partial charge in [0, 0.05) is 24.2 Å². The average Bonchev–Trinajstić information content (AvgIpc) is 2.94. The Labute approximate surface area is 223 Å². The van der Waals surface area contributed by atoms with Crippen molar-refractivity contribution in [1.82, 2.24) is 4.90 Å². The SMILES string of the molecule is CCOC(=O)N(Cc1ccccc1)[C@@H]1C[C@H](C)N(C(=O)OCc2ccccc2)c2cc(OC)c(OC)cc21. The van der Waals surface area contributed by atoms with E-state index in [0.717, 1.165) is 16.7 Å². The zero-order valence-electron chi connectivity index (χ0n) is 22.3. The summed E-state index contributed by atoms with van der Waals surface area (Å²) in [7, 11) is 3.11. The average molecular weight is 519 g/mol. The molecule has 0 saturated carbocycles. The van der Waals surface area contributed by atoms with E-state index in [2.05, 4.69) is 0 Å². The first-order valence-electron chi connectivity index (χ1n) is 12.7. The van der Waals surface area contributed by atoms with Gasteiger partial charge in [0.1, 0.15) is 6.61 Å². The van der Waals surface area contributed by atoms with Gasteiger partial charge in [-0.15, -0.1) is 0 Å². The van der Waals surface area contributed by atoms with Gasteiger partial charge in [-0.3, -0.25) is 9.80 Å². The minimum Gasteiger partial charge on any atom is -0.493 e. The Bertz CT molecular complexity index is 1230. The van der Waals surface area contributed by atoms with Gasteiger partial charge in [0.25, 0.3) is 0 Å². The molecule has 0 aromatic heterocycles. The van der Waals surface area contributed by atoms with Gasteiger partial charge in [-0.1, -0.05) is 60.7 Å². The third-order valence-corrected chi connectivity index (χ3v) is 6.63. The molecule has 0 aliphatic carbocycles. The molecule has 38 heavy (non-hydrogen) atoms. The quantitative estimate of drug-likeness (QED) is 0.346. The molecule has 2 amide bonds. The maximum Gasteiger partial charge on any atom is 0.414 e. The molecule has 4 rings (SSSR count). The van der Waals surface area contributed by atoms with Crippen LogP contribution in [0.5, 0.6) is 11.5 Å². The molecule has 1 aliphatic heterocycles. The summed E-state index contributed by atoms with van der Waals surface area (Å²) in [5.74, 6) is 0.984. The van der Waals surface area contributed by atoms with Gasteiger partial charge >= 0.3 is 12.2 Å². The monoisotopic (exact) mass is 518 g/mol. The van der Waals surface area contributed by atoms with E-state index in [4.69, 9.17) is 18.9 Å². The second kappa shape index (κ2) is 12.4. The van der Waals surface area contributed by atoms with Crippen molar-refractivity contribution in [2.45, 2.75) is 45.5 Å². The van der Waals surface area contributed by atoms with Gasteiger partial charge in [-0.2, -0.15) is 0 Å². The predicted octanol–water partition coefficient (Wildman–Crippen LogP) is 6.34. The van der Waals surface area contributed by atoms with Crippen LogP contribution in [-0.2, 0) is 22.6 Å². The van der Waals surface area contributed by atoms with E-state index < -0.39 is 12.2 Å². The number of hydrogen-bond acceptors (Lipinski definition) is 6. The fourth-order valence-electron chi connectivity index (χ4n) is 4.80. The highest BCUT2D eigenvalue weighted by Gasteiger charge is 2.40.